The van der Waals surface area contributed by atoms with Gasteiger partial charge in [-0.25, -0.2) is 4.68 Å². The van der Waals surface area contributed by atoms with Crippen LogP contribution in [0.4, 0.5) is 11.4 Å². The summed E-state index contributed by atoms with van der Waals surface area (Å²) in [7, 11) is 1.64. The first-order valence-electron chi connectivity index (χ1n) is 11.1. The summed E-state index contributed by atoms with van der Waals surface area (Å²) in [6.07, 6.45) is 11.3. The van der Waals surface area contributed by atoms with Crippen molar-refractivity contribution in [2.45, 2.75) is 45.1 Å². The van der Waals surface area contributed by atoms with E-state index in [9.17, 15) is 14.4 Å². The summed E-state index contributed by atoms with van der Waals surface area (Å²) in [5, 5.41) is 7.13. The molecule has 0 aliphatic heterocycles. The van der Waals surface area contributed by atoms with Crippen LogP contribution in [-0.4, -0.2) is 33.6 Å². The van der Waals surface area contributed by atoms with Gasteiger partial charge in [0.25, 0.3) is 5.56 Å². The minimum absolute atomic E-state index is 0.00440. The van der Waals surface area contributed by atoms with Crippen molar-refractivity contribution in [2.75, 3.05) is 17.3 Å². The number of likely N-dealkylation sites (N-methyl/N-ethyl adjacent to an activating group) is 1. The molecule has 4 aliphatic carbocycles. The summed E-state index contributed by atoms with van der Waals surface area (Å²) in [4.78, 5) is 44.2. The number of hydrogen-bond donors (Lipinski definition) is 1. The van der Waals surface area contributed by atoms with Crippen LogP contribution < -0.4 is 15.8 Å². The number of halogens is 1. The lowest BCUT2D eigenvalue weighted by molar-refractivity contribution is -0.140. The molecule has 0 unspecified atom stereocenters. The van der Waals surface area contributed by atoms with Gasteiger partial charge < -0.3 is 10.2 Å². The van der Waals surface area contributed by atoms with Crippen LogP contribution in [0.3, 0.4) is 0 Å². The summed E-state index contributed by atoms with van der Waals surface area (Å²) in [6, 6.07) is 3.43. The smallest absolute Gasteiger partial charge is 0.283 e. The first kappa shape index (κ1) is 21.3. The van der Waals surface area contributed by atoms with Crippen molar-refractivity contribution in [1.82, 2.24) is 14.8 Å². The van der Waals surface area contributed by atoms with E-state index in [0.717, 1.165) is 23.9 Å². The summed E-state index contributed by atoms with van der Waals surface area (Å²) < 4.78 is 1.31. The third kappa shape index (κ3) is 3.76. The summed E-state index contributed by atoms with van der Waals surface area (Å²) >= 11 is 3.32. The Balaban J connectivity index is 1.31. The summed E-state index contributed by atoms with van der Waals surface area (Å²) in [5.41, 5.74) is 0.273. The maximum absolute atomic E-state index is 13.3. The predicted molar refractivity (Wildman–Crippen MR) is 123 cm³/mol. The molecule has 9 heteroatoms. The molecule has 2 heterocycles. The highest BCUT2D eigenvalue weighted by molar-refractivity contribution is 9.10. The van der Waals surface area contributed by atoms with Crippen LogP contribution in [0.15, 0.2) is 40.0 Å². The molecule has 0 spiro atoms. The molecule has 8 nitrogen and oxygen atoms in total. The monoisotopic (exact) mass is 499 g/mol. The first-order chi connectivity index (χ1) is 15.3. The van der Waals surface area contributed by atoms with E-state index in [4.69, 9.17) is 0 Å². The number of carbonyl (C=O) groups is 2. The number of carbonyl (C=O) groups excluding carboxylic acids is 2. The Morgan fingerprint density at radius 1 is 1.16 bits per heavy atom. The van der Waals surface area contributed by atoms with E-state index in [1.165, 1.54) is 30.4 Å². The van der Waals surface area contributed by atoms with E-state index in [0.29, 0.717) is 29.1 Å². The van der Waals surface area contributed by atoms with Crippen LogP contribution in [0.2, 0.25) is 0 Å². The summed E-state index contributed by atoms with van der Waals surface area (Å²) in [5.74, 6) is 1.69. The lowest BCUT2D eigenvalue weighted by Gasteiger charge is -2.55. The molecule has 4 bridgehead atoms. The zero-order valence-corrected chi connectivity index (χ0v) is 19.5. The third-order valence-electron chi connectivity index (χ3n) is 7.46. The van der Waals surface area contributed by atoms with E-state index < -0.39 is 5.56 Å². The van der Waals surface area contributed by atoms with E-state index in [1.807, 2.05) is 0 Å². The Morgan fingerprint density at radius 2 is 1.75 bits per heavy atom. The second-order valence-corrected chi connectivity index (χ2v) is 10.4. The standard InChI is InChI=1S/C23H26BrN5O3/c1-28(17-2-4-25-5-3-17)19(30)13-29-21(31)20(24)18(12-26-29)27-22(32)23-9-14-6-15(10-23)8-16(7-14)11-23/h2-5,12,14-16H,6-11,13H2,1H3,(H,27,32). The van der Waals surface area contributed by atoms with E-state index in [-0.39, 0.29) is 28.2 Å². The van der Waals surface area contributed by atoms with Gasteiger partial charge in [0.1, 0.15) is 11.0 Å². The number of aromatic nitrogens is 3. The Morgan fingerprint density at radius 3 is 2.34 bits per heavy atom. The van der Waals surface area contributed by atoms with Gasteiger partial charge in [-0.3, -0.25) is 19.4 Å². The molecule has 4 aliphatic rings. The average molecular weight is 500 g/mol. The molecule has 0 saturated heterocycles. The van der Waals surface area contributed by atoms with Crippen LogP contribution in [0, 0.1) is 23.2 Å². The molecule has 168 valence electrons. The highest BCUT2D eigenvalue weighted by atomic mass is 79.9. The summed E-state index contributed by atoms with van der Waals surface area (Å²) in [6.45, 7) is -0.209. The maximum Gasteiger partial charge on any atom is 0.283 e. The van der Waals surface area contributed by atoms with Crippen molar-refractivity contribution in [3.05, 3.63) is 45.5 Å². The number of nitrogens with one attached hydrogen (secondary N) is 1. The Labute approximate surface area is 194 Å². The third-order valence-corrected chi connectivity index (χ3v) is 8.23. The number of amides is 2. The molecule has 2 aromatic heterocycles. The second kappa shape index (κ2) is 8.10. The molecular weight excluding hydrogens is 474 g/mol. The molecule has 0 radical (unpaired) electrons. The highest BCUT2D eigenvalue weighted by Gasteiger charge is 2.54. The molecular formula is C23H26BrN5O3. The van der Waals surface area contributed by atoms with Gasteiger partial charge in [-0.2, -0.15) is 5.10 Å². The van der Waals surface area contributed by atoms with Crippen molar-refractivity contribution in [1.29, 1.82) is 0 Å². The van der Waals surface area contributed by atoms with Crippen LogP contribution in [-0.2, 0) is 16.1 Å². The van der Waals surface area contributed by atoms with Gasteiger partial charge in [0.15, 0.2) is 0 Å². The Hall–Kier alpha value is -2.55. The Bertz CT molecular complexity index is 1080. The first-order valence-corrected chi connectivity index (χ1v) is 11.9. The largest absolute Gasteiger partial charge is 0.323 e. The van der Waals surface area contributed by atoms with Crippen LogP contribution in [0.1, 0.15) is 38.5 Å². The van der Waals surface area contributed by atoms with E-state index in [2.05, 4.69) is 31.3 Å². The van der Waals surface area contributed by atoms with Gasteiger partial charge in [0.05, 0.1) is 17.3 Å². The van der Waals surface area contributed by atoms with Gasteiger partial charge in [0.2, 0.25) is 11.8 Å². The van der Waals surface area contributed by atoms with Crippen molar-refractivity contribution in [3.8, 4) is 0 Å². The van der Waals surface area contributed by atoms with E-state index in [1.54, 1.807) is 31.6 Å². The number of pyridine rings is 1. The average Bonchev–Trinajstić information content (AvgIpc) is 2.78. The fourth-order valence-corrected chi connectivity index (χ4v) is 6.66. The van der Waals surface area contributed by atoms with Gasteiger partial charge in [0, 0.05) is 25.1 Å². The van der Waals surface area contributed by atoms with Gasteiger partial charge in [-0.1, -0.05) is 0 Å². The molecule has 4 saturated carbocycles. The molecule has 4 fully saturated rings. The normalized spacial score (nSPS) is 27.9. The minimum atomic E-state index is -0.454. The minimum Gasteiger partial charge on any atom is -0.323 e. The number of anilines is 2. The highest BCUT2D eigenvalue weighted by Crippen LogP contribution is 2.60. The number of hydrogen-bond acceptors (Lipinski definition) is 5. The zero-order valence-electron chi connectivity index (χ0n) is 18.0. The molecule has 0 aromatic carbocycles. The molecule has 6 rings (SSSR count). The molecule has 32 heavy (non-hydrogen) atoms. The lowest BCUT2D eigenvalue weighted by atomic mass is 9.49. The van der Waals surface area contributed by atoms with Crippen LogP contribution in [0.5, 0.6) is 0 Å². The topological polar surface area (TPSA) is 97.2 Å². The van der Waals surface area contributed by atoms with Gasteiger partial charge in [-0.05, 0) is 84.3 Å². The fourth-order valence-electron chi connectivity index (χ4n) is 6.25. The van der Waals surface area contributed by atoms with E-state index >= 15 is 0 Å². The molecule has 0 atom stereocenters. The lowest BCUT2D eigenvalue weighted by Crippen LogP contribution is -2.51. The predicted octanol–water partition coefficient (Wildman–Crippen LogP) is 3.22. The molecule has 2 amide bonds. The van der Waals surface area contributed by atoms with Crippen molar-refractivity contribution < 1.29 is 9.59 Å². The molecule has 2 aromatic rings. The van der Waals surface area contributed by atoms with Crippen molar-refractivity contribution in [3.63, 3.8) is 0 Å². The quantitative estimate of drug-likeness (QED) is 0.680. The van der Waals surface area contributed by atoms with Gasteiger partial charge >= 0.3 is 0 Å². The second-order valence-electron chi connectivity index (χ2n) is 9.65. The van der Waals surface area contributed by atoms with Crippen molar-refractivity contribution >= 4 is 39.1 Å². The molecule has 1 N–H and O–H groups in total. The van der Waals surface area contributed by atoms with Crippen molar-refractivity contribution in [2.24, 2.45) is 23.2 Å². The maximum atomic E-state index is 13.3. The van der Waals surface area contributed by atoms with Crippen LogP contribution >= 0.6 is 15.9 Å². The fraction of sp³-hybridized carbons (Fsp3) is 0.522. The Kier molecular flexibility index (Phi) is 5.39. The SMILES string of the molecule is CN(C(=O)Cn1ncc(NC(=O)C23CC4CC(CC(C4)C2)C3)c(Br)c1=O)c1ccncc1. The van der Waals surface area contributed by atoms with Crippen LogP contribution in [0.25, 0.3) is 0 Å². The van der Waals surface area contributed by atoms with Gasteiger partial charge in [-0.15, -0.1) is 0 Å². The number of rotatable bonds is 5. The zero-order chi connectivity index (χ0) is 22.5. The number of nitrogens with zero attached hydrogens (tertiary/aromatic N) is 4.